The molecule has 1 saturated carbocycles. The Bertz CT molecular complexity index is 791. The van der Waals surface area contributed by atoms with Crippen LogP contribution < -0.4 is 0 Å². The van der Waals surface area contributed by atoms with Crippen LogP contribution in [0.3, 0.4) is 0 Å². The first-order chi connectivity index (χ1) is 10.7. The van der Waals surface area contributed by atoms with Gasteiger partial charge in [-0.05, 0) is 38.8 Å². The van der Waals surface area contributed by atoms with E-state index in [-0.39, 0.29) is 0 Å². The van der Waals surface area contributed by atoms with Gasteiger partial charge in [0.1, 0.15) is 5.01 Å². The summed E-state index contributed by atoms with van der Waals surface area (Å²) in [5.74, 6) is 1.48. The topological polar surface area (TPSA) is 43.1 Å². The molecule has 0 N–H and O–H groups in total. The number of aromatic nitrogens is 4. The quantitative estimate of drug-likeness (QED) is 0.699. The van der Waals surface area contributed by atoms with Gasteiger partial charge < -0.3 is 0 Å². The van der Waals surface area contributed by atoms with Crippen LogP contribution in [0.5, 0.6) is 0 Å². The molecule has 2 aromatic heterocycles. The lowest BCUT2D eigenvalue weighted by molar-refractivity contribution is 0.440. The molecule has 114 valence electrons. The molecule has 1 aliphatic carbocycles. The molecule has 2 heterocycles. The normalized spacial score (nSPS) is 16.5. The van der Waals surface area contributed by atoms with Crippen LogP contribution in [0.2, 0.25) is 0 Å². The number of hydrogen-bond donors (Lipinski definition) is 0. The molecule has 0 radical (unpaired) electrons. The van der Waals surface area contributed by atoms with E-state index in [9.17, 15) is 0 Å². The van der Waals surface area contributed by atoms with E-state index in [0.29, 0.717) is 5.92 Å². The van der Waals surface area contributed by atoms with E-state index in [1.54, 1.807) is 11.3 Å². The second-order valence-corrected chi connectivity index (χ2v) is 7.36. The predicted octanol–water partition coefficient (Wildman–Crippen LogP) is 4.52. The minimum atomic E-state index is 0.618. The van der Waals surface area contributed by atoms with E-state index in [4.69, 9.17) is 5.10 Å². The van der Waals surface area contributed by atoms with Crippen LogP contribution in [0.25, 0.3) is 16.3 Å². The van der Waals surface area contributed by atoms with E-state index >= 15 is 0 Å². The number of aryl methyl sites for hydroxylation is 2. The lowest BCUT2D eigenvalue weighted by Crippen LogP contribution is -2.05. The minimum Gasteiger partial charge on any atom is -0.183 e. The van der Waals surface area contributed by atoms with E-state index in [1.807, 2.05) is 4.52 Å². The Morgan fingerprint density at radius 1 is 1.00 bits per heavy atom. The van der Waals surface area contributed by atoms with Crippen LogP contribution in [-0.2, 0) is 0 Å². The lowest BCUT2D eigenvalue weighted by Gasteiger charge is -2.18. The second-order valence-electron chi connectivity index (χ2n) is 6.37. The van der Waals surface area contributed by atoms with Crippen LogP contribution in [0.1, 0.15) is 54.2 Å². The fraction of sp³-hybridized carbons (Fsp3) is 0.471. The second kappa shape index (κ2) is 5.47. The van der Waals surface area contributed by atoms with Crippen LogP contribution in [0, 0.1) is 13.8 Å². The monoisotopic (exact) mass is 312 g/mol. The van der Waals surface area contributed by atoms with E-state index in [1.165, 1.54) is 48.2 Å². The maximum atomic E-state index is 4.84. The molecule has 0 spiro atoms. The summed E-state index contributed by atoms with van der Waals surface area (Å²) in [4.78, 5) is 0.912. The number of benzene rings is 1. The maximum Gasteiger partial charge on any atom is 0.234 e. The number of hydrogen-bond acceptors (Lipinski definition) is 4. The molecule has 4 nitrogen and oxygen atoms in total. The first kappa shape index (κ1) is 13.9. The zero-order valence-electron chi connectivity index (χ0n) is 13.0. The van der Waals surface area contributed by atoms with Gasteiger partial charge in [0.2, 0.25) is 4.96 Å². The summed E-state index contributed by atoms with van der Waals surface area (Å²) in [6.07, 6.45) is 6.56. The summed E-state index contributed by atoms with van der Waals surface area (Å²) < 4.78 is 1.93. The third kappa shape index (κ3) is 2.43. The summed E-state index contributed by atoms with van der Waals surface area (Å²) in [7, 11) is 0. The summed E-state index contributed by atoms with van der Waals surface area (Å²) in [5.41, 5.74) is 3.59. The third-order valence-corrected chi connectivity index (χ3v) is 5.50. The first-order valence-corrected chi connectivity index (χ1v) is 8.83. The standard InChI is InChI=1S/C17H20N4S/c1-11-8-12(2)10-14(9-11)15-18-19-17-21(15)20-16(22-17)13-6-4-3-5-7-13/h8-10,13H,3-7H2,1-2H3. The molecule has 0 aliphatic heterocycles. The summed E-state index contributed by atoms with van der Waals surface area (Å²) >= 11 is 1.71. The Kier molecular flexibility index (Phi) is 3.45. The van der Waals surface area contributed by atoms with Crippen LogP contribution in [0.15, 0.2) is 18.2 Å². The molecular weight excluding hydrogens is 292 g/mol. The van der Waals surface area contributed by atoms with E-state index < -0.39 is 0 Å². The van der Waals surface area contributed by atoms with Crippen LogP contribution in [0.4, 0.5) is 0 Å². The molecule has 0 bridgehead atoms. The minimum absolute atomic E-state index is 0.618. The summed E-state index contributed by atoms with van der Waals surface area (Å²) in [6.45, 7) is 4.23. The molecule has 0 saturated heterocycles. The predicted molar refractivity (Wildman–Crippen MR) is 89.4 cm³/mol. The molecule has 1 fully saturated rings. The molecule has 0 atom stereocenters. The Labute approximate surface area is 134 Å². The van der Waals surface area contributed by atoms with Crippen molar-refractivity contribution in [2.75, 3.05) is 0 Å². The van der Waals surface area contributed by atoms with Crippen LogP contribution in [-0.4, -0.2) is 19.8 Å². The van der Waals surface area contributed by atoms with Crippen molar-refractivity contribution in [1.29, 1.82) is 0 Å². The van der Waals surface area contributed by atoms with Crippen molar-refractivity contribution in [2.24, 2.45) is 0 Å². The molecule has 0 amide bonds. The van der Waals surface area contributed by atoms with Gasteiger partial charge in [0.15, 0.2) is 5.82 Å². The third-order valence-electron chi connectivity index (χ3n) is 4.44. The van der Waals surface area contributed by atoms with Gasteiger partial charge in [-0.3, -0.25) is 0 Å². The highest BCUT2D eigenvalue weighted by molar-refractivity contribution is 7.16. The van der Waals surface area contributed by atoms with Gasteiger partial charge in [0, 0.05) is 11.5 Å². The molecule has 1 aliphatic rings. The average molecular weight is 312 g/mol. The molecule has 3 aromatic rings. The Balaban J connectivity index is 1.77. The first-order valence-electron chi connectivity index (χ1n) is 8.01. The van der Waals surface area contributed by atoms with Crippen molar-refractivity contribution in [3.8, 4) is 11.4 Å². The van der Waals surface area contributed by atoms with Crippen molar-refractivity contribution < 1.29 is 0 Å². The van der Waals surface area contributed by atoms with Crippen molar-refractivity contribution >= 4 is 16.3 Å². The number of rotatable bonds is 2. The highest BCUT2D eigenvalue weighted by Gasteiger charge is 2.22. The van der Waals surface area contributed by atoms with Gasteiger partial charge in [-0.25, -0.2) is 0 Å². The molecule has 1 aromatic carbocycles. The van der Waals surface area contributed by atoms with E-state index in [0.717, 1.165) is 16.3 Å². The smallest absolute Gasteiger partial charge is 0.183 e. The largest absolute Gasteiger partial charge is 0.234 e. The number of fused-ring (bicyclic) bond motifs is 1. The Morgan fingerprint density at radius 3 is 2.45 bits per heavy atom. The Morgan fingerprint density at radius 2 is 1.73 bits per heavy atom. The lowest BCUT2D eigenvalue weighted by atomic mass is 9.90. The molecular formula is C17H20N4S. The average Bonchev–Trinajstić information content (AvgIpc) is 3.07. The fourth-order valence-electron chi connectivity index (χ4n) is 3.43. The van der Waals surface area contributed by atoms with Crippen molar-refractivity contribution in [1.82, 2.24) is 19.8 Å². The Hall–Kier alpha value is -1.75. The molecule has 0 unspecified atom stereocenters. The number of nitrogens with zero attached hydrogens (tertiary/aromatic N) is 4. The summed E-state index contributed by atoms with van der Waals surface area (Å²) in [5, 5.41) is 14.8. The maximum absolute atomic E-state index is 4.84. The highest BCUT2D eigenvalue weighted by Crippen LogP contribution is 2.35. The fourth-order valence-corrected chi connectivity index (χ4v) is 4.44. The van der Waals surface area contributed by atoms with Gasteiger partial charge >= 0.3 is 0 Å². The van der Waals surface area contributed by atoms with Crippen molar-refractivity contribution in [3.05, 3.63) is 34.3 Å². The molecule has 5 heteroatoms. The van der Waals surface area contributed by atoms with Gasteiger partial charge in [0.25, 0.3) is 0 Å². The van der Waals surface area contributed by atoms with Gasteiger partial charge in [-0.1, -0.05) is 47.8 Å². The van der Waals surface area contributed by atoms with Gasteiger partial charge in [0.05, 0.1) is 0 Å². The summed E-state index contributed by atoms with van der Waals surface area (Å²) in [6, 6.07) is 6.49. The van der Waals surface area contributed by atoms with Gasteiger partial charge in [-0.15, -0.1) is 10.2 Å². The van der Waals surface area contributed by atoms with Gasteiger partial charge in [-0.2, -0.15) is 9.61 Å². The zero-order chi connectivity index (χ0) is 15.1. The van der Waals surface area contributed by atoms with Crippen molar-refractivity contribution in [2.45, 2.75) is 51.9 Å². The SMILES string of the molecule is Cc1cc(C)cc(-c2nnc3sc(C4CCCCC4)nn23)c1. The van der Waals surface area contributed by atoms with E-state index in [2.05, 4.69) is 42.2 Å². The molecule has 22 heavy (non-hydrogen) atoms. The highest BCUT2D eigenvalue weighted by atomic mass is 32.1. The van der Waals surface area contributed by atoms with Crippen molar-refractivity contribution in [3.63, 3.8) is 0 Å². The van der Waals surface area contributed by atoms with Crippen LogP contribution >= 0.6 is 11.3 Å². The molecule has 4 rings (SSSR count). The zero-order valence-corrected chi connectivity index (χ0v) is 13.9.